The molecule has 1 aliphatic rings. The van der Waals surface area contributed by atoms with Gasteiger partial charge in [-0.05, 0) is 44.0 Å². The molecule has 0 N–H and O–H groups in total. The molecule has 1 fully saturated rings. The van der Waals surface area contributed by atoms with Crippen molar-refractivity contribution in [3.63, 3.8) is 0 Å². The van der Waals surface area contributed by atoms with E-state index in [1.165, 1.54) is 18.4 Å². The fourth-order valence-electron chi connectivity index (χ4n) is 3.36. The van der Waals surface area contributed by atoms with Gasteiger partial charge in [-0.25, -0.2) is 4.98 Å². The zero-order chi connectivity index (χ0) is 14.9. The zero-order valence-electron chi connectivity index (χ0n) is 12.9. The molecule has 5 nitrogen and oxygen atoms in total. The van der Waals surface area contributed by atoms with Gasteiger partial charge in [0, 0.05) is 31.2 Å². The third-order valence-electron chi connectivity index (χ3n) is 4.44. The lowest BCUT2D eigenvalue weighted by Gasteiger charge is -2.23. The molecule has 3 aromatic heterocycles. The lowest BCUT2D eigenvalue weighted by molar-refractivity contribution is 0.217. The van der Waals surface area contributed by atoms with Crippen LogP contribution >= 0.6 is 0 Å². The van der Waals surface area contributed by atoms with Gasteiger partial charge in [0.15, 0.2) is 0 Å². The van der Waals surface area contributed by atoms with E-state index in [2.05, 4.69) is 50.7 Å². The minimum absolute atomic E-state index is 0.559. The smallest absolute Gasteiger partial charge is 0.137 e. The second-order valence-corrected chi connectivity index (χ2v) is 6.20. The highest BCUT2D eigenvalue weighted by Gasteiger charge is 2.25. The van der Waals surface area contributed by atoms with Crippen LogP contribution in [0.2, 0.25) is 0 Å². The molecule has 0 aliphatic carbocycles. The van der Waals surface area contributed by atoms with Crippen LogP contribution < -0.4 is 0 Å². The summed E-state index contributed by atoms with van der Waals surface area (Å²) < 4.78 is 4.17. The normalized spacial score (nSPS) is 19.2. The van der Waals surface area contributed by atoms with Crippen LogP contribution in [0.5, 0.6) is 0 Å². The third-order valence-corrected chi connectivity index (χ3v) is 4.44. The van der Waals surface area contributed by atoms with Crippen LogP contribution in [-0.4, -0.2) is 36.7 Å². The molecule has 0 bridgehead atoms. The van der Waals surface area contributed by atoms with Gasteiger partial charge in [-0.15, -0.1) is 0 Å². The summed E-state index contributed by atoms with van der Waals surface area (Å²) >= 11 is 0. The van der Waals surface area contributed by atoms with E-state index in [1.54, 1.807) is 0 Å². The Hall–Kier alpha value is -2.14. The molecular weight excluding hydrogens is 274 g/mol. The number of aromatic nitrogens is 4. The number of aryl methyl sites for hydroxylation is 1. The average molecular weight is 295 g/mol. The first-order valence-corrected chi connectivity index (χ1v) is 7.94. The first-order chi connectivity index (χ1) is 10.8. The molecule has 0 radical (unpaired) electrons. The maximum atomic E-state index is 4.72. The van der Waals surface area contributed by atoms with Gasteiger partial charge in [0.05, 0.1) is 18.4 Å². The van der Waals surface area contributed by atoms with Crippen LogP contribution in [0.15, 0.2) is 43.0 Å². The number of hydrogen-bond donors (Lipinski definition) is 0. The minimum Gasteiger partial charge on any atom is -0.307 e. The monoisotopic (exact) mass is 295 g/mol. The van der Waals surface area contributed by atoms with Crippen molar-refractivity contribution in [2.24, 2.45) is 0 Å². The van der Waals surface area contributed by atoms with Gasteiger partial charge >= 0.3 is 0 Å². The van der Waals surface area contributed by atoms with Gasteiger partial charge in [0.25, 0.3) is 0 Å². The van der Waals surface area contributed by atoms with Crippen molar-refractivity contribution < 1.29 is 0 Å². The highest BCUT2D eigenvalue weighted by atomic mass is 15.3. The average Bonchev–Trinajstić information content (AvgIpc) is 3.20. The standard InChI is InChI=1S/C17H21N5/c1-14-9-18-22(10-14)13-16-5-4-8-20(16)11-15-12-21-7-3-2-6-17(21)19-15/h2-3,6-7,9-10,12,16H,4-5,8,11,13H2,1H3. The summed E-state index contributed by atoms with van der Waals surface area (Å²) in [4.78, 5) is 7.26. The van der Waals surface area contributed by atoms with Gasteiger partial charge in [0.2, 0.25) is 0 Å². The summed E-state index contributed by atoms with van der Waals surface area (Å²) in [5.74, 6) is 0. The predicted molar refractivity (Wildman–Crippen MR) is 85.6 cm³/mol. The molecule has 1 aliphatic heterocycles. The molecule has 0 saturated carbocycles. The molecule has 22 heavy (non-hydrogen) atoms. The number of hydrogen-bond acceptors (Lipinski definition) is 3. The van der Waals surface area contributed by atoms with Crippen molar-refractivity contribution in [1.29, 1.82) is 0 Å². The molecule has 114 valence electrons. The Labute approximate surface area is 130 Å². The van der Waals surface area contributed by atoms with E-state index >= 15 is 0 Å². The van der Waals surface area contributed by atoms with E-state index in [-0.39, 0.29) is 0 Å². The molecule has 0 amide bonds. The van der Waals surface area contributed by atoms with E-state index in [0.29, 0.717) is 6.04 Å². The summed E-state index contributed by atoms with van der Waals surface area (Å²) in [6.45, 7) is 5.14. The minimum atomic E-state index is 0.559. The fraction of sp³-hybridized carbons (Fsp3) is 0.412. The lowest BCUT2D eigenvalue weighted by atomic mass is 10.2. The van der Waals surface area contributed by atoms with Crippen molar-refractivity contribution in [3.8, 4) is 0 Å². The number of nitrogens with zero attached hydrogens (tertiary/aromatic N) is 5. The molecule has 1 atom stereocenters. The van der Waals surface area contributed by atoms with Crippen LogP contribution in [0.4, 0.5) is 0 Å². The van der Waals surface area contributed by atoms with E-state index in [0.717, 1.165) is 31.0 Å². The SMILES string of the molecule is Cc1cnn(CC2CCCN2Cc2cn3ccccc3n2)c1. The third kappa shape index (κ3) is 2.64. The molecule has 0 aromatic carbocycles. The fourth-order valence-corrected chi connectivity index (χ4v) is 3.36. The topological polar surface area (TPSA) is 38.4 Å². The molecule has 0 spiro atoms. The molecular formula is C17H21N5. The molecule has 1 saturated heterocycles. The van der Waals surface area contributed by atoms with E-state index in [4.69, 9.17) is 4.98 Å². The Bertz CT molecular complexity index is 739. The van der Waals surface area contributed by atoms with E-state index in [1.807, 2.05) is 18.3 Å². The Morgan fingerprint density at radius 2 is 2.23 bits per heavy atom. The first kappa shape index (κ1) is 13.5. The van der Waals surface area contributed by atoms with Gasteiger partial charge in [-0.3, -0.25) is 9.58 Å². The molecule has 4 rings (SSSR count). The van der Waals surface area contributed by atoms with Gasteiger partial charge in [-0.2, -0.15) is 5.10 Å². The summed E-state index contributed by atoms with van der Waals surface area (Å²) in [7, 11) is 0. The van der Waals surface area contributed by atoms with Crippen LogP contribution in [-0.2, 0) is 13.1 Å². The van der Waals surface area contributed by atoms with Crippen LogP contribution in [0.1, 0.15) is 24.1 Å². The van der Waals surface area contributed by atoms with E-state index < -0.39 is 0 Å². The lowest BCUT2D eigenvalue weighted by Crippen LogP contribution is -2.32. The van der Waals surface area contributed by atoms with Crippen molar-refractivity contribution in [1.82, 2.24) is 24.1 Å². The van der Waals surface area contributed by atoms with Crippen LogP contribution in [0.3, 0.4) is 0 Å². The first-order valence-electron chi connectivity index (χ1n) is 7.94. The molecule has 5 heteroatoms. The summed E-state index contributed by atoms with van der Waals surface area (Å²) in [5.41, 5.74) is 3.40. The molecule has 1 unspecified atom stereocenters. The second-order valence-electron chi connectivity index (χ2n) is 6.20. The quantitative estimate of drug-likeness (QED) is 0.742. The zero-order valence-corrected chi connectivity index (χ0v) is 12.9. The molecule has 3 aromatic rings. The highest BCUT2D eigenvalue weighted by molar-refractivity contribution is 5.39. The van der Waals surface area contributed by atoms with Crippen molar-refractivity contribution >= 4 is 5.65 Å². The van der Waals surface area contributed by atoms with E-state index in [9.17, 15) is 0 Å². The Balaban J connectivity index is 1.48. The highest BCUT2D eigenvalue weighted by Crippen LogP contribution is 2.21. The summed E-state index contributed by atoms with van der Waals surface area (Å²) in [6, 6.07) is 6.68. The van der Waals surface area contributed by atoms with Gasteiger partial charge in [0.1, 0.15) is 5.65 Å². The maximum absolute atomic E-state index is 4.72. The largest absolute Gasteiger partial charge is 0.307 e. The van der Waals surface area contributed by atoms with Gasteiger partial charge in [-0.1, -0.05) is 6.07 Å². The van der Waals surface area contributed by atoms with Crippen molar-refractivity contribution in [2.45, 2.75) is 38.9 Å². The predicted octanol–water partition coefficient (Wildman–Crippen LogP) is 2.50. The molecule has 4 heterocycles. The Morgan fingerprint density at radius 1 is 1.27 bits per heavy atom. The van der Waals surface area contributed by atoms with Crippen molar-refractivity contribution in [2.75, 3.05) is 6.54 Å². The number of imidazole rings is 1. The number of likely N-dealkylation sites (tertiary alicyclic amines) is 1. The number of rotatable bonds is 4. The van der Waals surface area contributed by atoms with Gasteiger partial charge < -0.3 is 4.40 Å². The van der Waals surface area contributed by atoms with Crippen molar-refractivity contribution in [3.05, 3.63) is 54.2 Å². The number of pyridine rings is 1. The second kappa shape index (κ2) is 5.57. The number of fused-ring (bicyclic) bond motifs is 1. The summed E-state index contributed by atoms with van der Waals surface area (Å²) in [6.07, 6.45) is 10.8. The van der Waals surface area contributed by atoms with Crippen LogP contribution in [0, 0.1) is 6.92 Å². The van der Waals surface area contributed by atoms with Crippen LogP contribution in [0.25, 0.3) is 5.65 Å². The summed E-state index contributed by atoms with van der Waals surface area (Å²) in [5, 5.41) is 4.43. The maximum Gasteiger partial charge on any atom is 0.137 e. The Morgan fingerprint density at radius 3 is 3.05 bits per heavy atom. The Kier molecular flexibility index (Phi) is 3.42.